The molecule has 1 rings (SSSR count). The monoisotopic (exact) mass is 227 g/mol. The van der Waals surface area contributed by atoms with E-state index in [0.717, 1.165) is 12.5 Å². The first-order valence-corrected chi connectivity index (χ1v) is 5.72. The lowest BCUT2D eigenvalue weighted by Crippen LogP contribution is -2.31. The van der Waals surface area contributed by atoms with E-state index in [0.29, 0.717) is 24.1 Å². The third-order valence-electron chi connectivity index (χ3n) is 3.12. The van der Waals surface area contributed by atoms with Gasteiger partial charge in [-0.05, 0) is 31.0 Å². The van der Waals surface area contributed by atoms with Crippen LogP contribution in [0.15, 0.2) is 18.2 Å². The highest BCUT2D eigenvalue weighted by atomic mass is 19.1. The van der Waals surface area contributed by atoms with E-state index < -0.39 is 5.82 Å². The van der Waals surface area contributed by atoms with Gasteiger partial charge >= 0.3 is 0 Å². The normalized spacial score (nSPS) is 14.8. The van der Waals surface area contributed by atoms with Crippen molar-refractivity contribution in [2.75, 3.05) is 0 Å². The molecule has 1 N–H and O–H groups in total. The molecule has 2 unspecified atom stereocenters. The van der Waals surface area contributed by atoms with Gasteiger partial charge in [0, 0.05) is 18.2 Å². The van der Waals surface area contributed by atoms with Crippen molar-refractivity contribution in [3.05, 3.63) is 35.4 Å². The summed E-state index contributed by atoms with van der Waals surface area (Å²) >= 11 is 0. The molecule has 1 aromatic carbocycles. The zero-order valence-electron chi connectivity index (χ0n) is 10.1. The average Bonchev–Trinajstić information content (AvgIpc) is 2.28. The summed E-state index contributed by atoms with van der Waals surface area (Å²) in [5, 5.41) is 3.21. The highest BCUT2D eigenvalue weighted by Crippen LogP contribution is 2.11. The number of nitrogens with one attached hydrogen (secondary N) is 1. The van der Waals surface area contributed by atoms with Crippen molar-refractivity contribution in [3.63, 3.8) is 0 Å². The molecule has 1 aromatic rings. The summed E-state index contributed by atoms with van der Waals surface area (Å²) in [6.07, 6.45) is 1.07. The van der Waals surface area contributed by atoms with E-state index in [4.69, 9.17) is 0 Å². The van der Waals surface area contributed by atoms with Crippen LogP contribution in [0.2, 0.25) is 0 Å². The molecule has 0 aliphatic heterocycles. The zero-order chi connectivity index (χ0) is 12.1. The lowest BCUT2D eigenvalue weighted by molar-refractivity contribution is 0.386. The summed E-state index contributed by atoms with van der Waals surface area (Å²) in [7, 11) is 0. The van der Waals surface area contributed by atoms with Gasteiger partial charge in [0.15, 0.2) is 0 Å². The first-order chi connectivity index (χ1) is 7.54. The molecule has 0 aliphatic carbocycles. The summed E-state index contributed by atoms with van der Waals surface area (Å²) in [5.41, 5.74) is 0.384. The van der Waals surface area contributed by atoms with E-state index in [-0.39, 0.29) is 5.82 Å². The number of halogens is 2. The van der Waals surface area contributed by atoms with Crippen LogP contribution >= 0.6 is 0 Å². The molecule has 90 valence electrons. The predicted octanol–water partition coefficient (Wildman–Crippen LogP) is 3.49. The van der Waals surface area contributed by atoms with Crippen LogP contribution in [0.25, 0.3) is 0 Å². The van der Waals surface area contributed by atoms with Crippen molar-refractivity contribution in [2.45, 2.75) is 39.8 Å². The standard InChI is InChI=1S/C13H19F2N/c1-4-9(2)10(3)16-8-11-7-12(14)5-6-13(11)15/h5-7,9-10,16H,4,8H2,1-3H3. The molecule has 0 spiro atoms. The molecule has 0 heterocycles. The Balaban J connectivity index is 2.57. The van der Waals surface area contributed by atoms with Crippen LogP contribution in [-0.2, 0) is 6.54 Å². The van der Waals surface area contributed by atoms with Gasteiger partial charge in [-0.1, -0.05) is 20.3 Å². The fourth-order valence-corrected chi connectivity index (χ4v) is 1.50. The van der Waals surface area contributed by atoms with Crippen LogP contribution in [0.1, 0.15) is 32.8 Å². The maximum atomic E-state index is 13.3. The van der Waals surface area contributed by atoms with Crippen molar-refractivity contribution in [3.8, 4) is 0 Å². The van der Waals surface area contributed by atoms with Gasteiger partial charge in [0.05, 0.1) is 0 Å². The highest BCUT2D eigenvalue weighted by Gasteiger charge is 2.10. The summed E-state index contributed by atoms with van der Waals surface area (Å²) in [4.78, 5) is 0. The molecule has 1 nitrogen and oxygen atoms in total. The zero-order valence-corrected chi connectivity index (χ0v) is 10.1. The largest absolute Gasteiger partial charge is 0.310 e. The summed E-state index contributed by atoms with van der Waals surface area (Å²) in [6.45, 7) is 6.69. The van der Waals surface area contributed by atoms with E-state index in [1.54, 1.807) is 0 Å². The van der Waals surface area contributed by atoms with Crippen molar-refractivity contribution in [1.82, 2.24) is 5.32 Å². The Kier molecular flexibility index (Phi) is 4.87. The van der Waals surface area contributed by atoms with Gasteiger partial charge in [-0.15, -0.1) is 0 Å². The molecule has 0 aliphatic rings. The second-order valence-corrected chi connectivity index (χ2v) is 4.29. The Hall–Kier alpha value is -0.960. The Morgan fingerprint density at radius 1 is 1.25 bits per heavy atom. The Bertz CT molecular complexity index is 339. The summed E-state index contributed by atoms with van der Waals surface area (Å²) < 4.78 is 26.2. The smallest absolute Gasteiger partial charge is 0.127 e. The molecule has 0 radical (unpaired) electrons. The average molecular weight is 227 g/mol. The van der Waals surface area contributed by atoms with Gasteiger partial charge in [0.2, 0.25) is 0 Å². The molecule has 0 saturated carbocycles. The summed E-state index contributed by atoms with van der Waals surface area (Å²) in [5.74, 6) is -0.226. The molecular weight excluding hydrogens is 208 g/mol. The first kappa shape index (κ1) is 13.1. The number of rotatable bonds is 5. The maximum absolute atomic E-state index is 13.3. The van der Waals surface area contributed by atoms with Crippen molar-refractivity contribution < 1.29 is 8.78 Å². The minimum atomic E-state index is -0.394. The van der Waals surface area contributed by atoms with Gasteiger partial charge in [0.1, 0.15) is 11.6 Å². The fraction of sp³-hybridized carbons (Fsp3) is 0.538. The minimum absolute atomic E-state index is 0.299. The number of hydrogen-bond acceptors (Lipinski definition) is 1. The molecule has 0 fully saturated rings. The highest BCUT2D eigenvalue weighted by molar-refractivity contribution is 5.18. The number of hydrogen-bond donors (Lipinski definition) is 1. The van der Waals surface area contributed by atoms with E-state index in [1.807, 2.05) is 0 Å². The molecule has 2 atom stereocenters. The van der Waals surface area contributed by atoms with Crippen LogP contribution in [0.3, 0.4) is 0 Å². The van der Waals surface area contributed by atoms with Gasteiger partial charge in [-0.25, -0.2) is 8.78 Å². The Labute approximate surface area is 95.9 Å². The maximum Gasteiger partial charge on any atom is 0.127 e. The van der Waals surface area contributed by atoms with Gasteiger partial charge < -0.3 is 5.32 Å². The van der Waals surface area contributed by atoms with Crippen molar-refractivity contribution in [1.29, 1.82) is 0 Å². The molecule has 16 heavy (non-hydrogen) atoms. The third-order valence-corrected chi connectivity index (χ3v) is 3.12. The molecule has 0 bridgehead atoms. The second kappa shape index (κ2) is 5.94. The van der Waals surface area contributed by atoms with Crippen LogP contribution in [0.4, 0.5) is 8.78 Å². The lowest BCUT2D eigenvalue weighted by atomic mass is 10.0. The number of benzene rings is 1. The predicted molar refractivity (Wildman–Crippen MR) is 62.1 cm³/mol. The van der Waals surface area contributed by atoms with E-state index in [1.165, 1.54) is 12.1 Å². The molecule has 0 saturated heterocycles. The quantitative estimate of drug-likeness (QED) is 0.812. The molecule has 0 amide bonds. The first-order valence-electron chi connectivity index (χ1n) is 5.72. The lowest BCUT2D eigenvalue weighted by Gasteiger charge is -2.20. The van der Waals surface area contributed by atoms with Crippen LogP contribution in [0.5, 0.6) is 0 Å². The van der Waals surface area contributed by atoms with E-state index in [9.17, 15) is 8.78 Å². The van der Waals surface area contributed by atoms with Crippen LogP contribution < -0.4 is 5.32 Å². The van der Waals surface area contributed by atoms with Crippen molar-refractivity contribution >= 4 is 0 Å². The fourth-order valence-electron chi connectivity index (χ4n) is 1.50. The van der Waals surface area contributed by atoms with Crippen molar-refractivity contribution in [2.24, 2.45) is 5.92 Å². The van der Waals surface area contributed by atoms with E-state index >= 15 is 0 Å². The third kappa shape index (κ3) is 3.56. The van der Waals surface area contributed by atoms with Gasteiger partial charge in [-0.3, -0.25) is 0 Å². The van der Waals surface area contributed by atoms with Crippen LogP contribution in [0, 0.1) is 17.6 Å². The minimum Gasteiger partial charge on any atom is -0.310 e. The van der Waals surface area contributed by atoms with Gasteiger partial charge in [-0.2, -0.15) is 0 Å². The molecular formula is C13H19F2N. The van der Waals surface area contributed by atoms with Crippen LogP contribution in [-0.4, -0.2) is 6.04 Å². The molecule has 3 heteroatoms. The van der Waals surface area contributed by atoms with Gasteiger partial charge in [0.25, 0.3) is 0 Å². The SMILES string of the molecule is CCC(C)C(C)NCc1cc(F)ccc1F. The Morgan fingerprint density at radius 2 is 1.94 bits per heavy atom. The topological polar surface area (TPSA) is 12.0 Å². The summed E-state index contributed by atoms with van der Waals surface area (Å²) in [6, 6.07) is 3.84. The molecule has 0 aromatic heterocycles. The Morgan fingerprint density at radius 3 is 2.56 bits per heavy atom. The van der Waals surface area contributed by atoms with E-state index in [2.05, 4.69) is 26.1 Å². The second-order valence-electron chi connectivity index (χ2n) is 4.29.